The molecule has 0 radical (unpaired) electrons. The second-order valence-corrected chi connectivity index (χ2v) is 12.7. The van der Waals surface area contributed by atoms with Gasteiger partial charge in [-0.15, -0.1) is 11.4 Å². The Labute approximate surface area is 77.7 Å². The Morgan fingerprint density at radius 3 is 2.50 bits per heavy atom. The van der Waals surface area contributed by atoms with E-state index in [2.05, 4.69) is 13.8 Å². The highest BCUT2D eigenvalue weighted by Crippen LogP contribution is 2.63. The van der Waals surface area contributed by atoms with Gasteiger partial charge in [-0.3, -0.25) is 0 Å². The van der Waals surface area contributed by atoms with Crippen molar-refractivity contribution < 1.29 is 0 Å². The normalized spacial score (nSPS) is 16.7. The molecule has 0 aromatic carbocycles. The average Bonchev–Trinajstić information content (AvgIpc) is 1.89. The first-order chi connectivity index (χ1) is 4.62. The maximum atomic E-state index is 6.05. The summed E-state index contributed by atoms with van der Waals surface area (Å²) in [6, 6.07) is 0. The zero-order chi connectivity index (χ0) is 8.04. The number of rotatable bonds is 5. The highest BCUT2D eigenvalue weighted by molar-refractivity contribution is 8.78. The summed E-state index contributed by atoms with van der Waals surface area (Å²) in [6.45, 7) is 4.26. The number of unbranched alkanes of at least 4 members (excludes halogenated alkanes) is 1. The number of hydrogen-bond acceptors (Lipinski definition) is 2. The van der Waals surface area contributed by atoms with Gasteiger partial charge in [-0.05, 0) is 18.3 Å². The third-order valence-electron chi connectivity index (χ3n) is 1.16. The molecule has 0 saturated carbocycles. The molecule has 0 heterocycles. The molecule has 0 aliphatic carbocycles. The quantitative estimate of drug-likeness (QED) is 0.502. The van der Waals surface area contributed by atoms with Crippen molar-refractivity contribution in [2.45, 2.75) is 26.7 Å². The van der Waals surface area contributed by atoms with Gasteiger partial charge in [0.15, 0.2) is 0 Å². The van der Waals surface area contributed by atoms with Crippen molar-refractivity contribution in [3.8, 4) is 0 Å². The number of halogens is 1. The molecule has 0 bridgehead atoms. The summed E-state index contributed by atoms with van der Waals surface area (Å²) in [5, 5.41) is 0. The molecule has 0 N–H and O–H groups in total. The van der Waals surface area contributed by atoms with Gasteiger partial charge in [0, 0.05) is 0 Å². The first-order valence-electron chi connectivity index (χ1n) is 3.55. The van der Waals surface area contributed by atoms with Crippen LogP contribution in [0.25, 0.3) is 0 Å². The van der Waals surface area contributed by atoms with Crippen molar-refractivity contribution in [1.29, 1.82) is 0 Å². The van der Waals surface area contributed by atoms with Crippen molar-refractivity contribution >= 4 is 39.0 Å². The third kappa shape index (κ3) is 6.03. The summed E-state index contributed by atoms with van der Waals surface area (Å²) >= 11 is 13.0. The molecule has 0 amide bonds. The lowest BCUT2D eigenvalue weighted by Crippen LogP contribution is -1.76. The lowest BCUT2D eigenvalue weighted by molar-refractivity contribution is 0.898. The van der Waals surface area contributed by atoms with E-state index in [-0.39, 0.29) is 0 Å². The Morgan fingerprint density at radius 1 is 1.50 bits per heavy atom. The molecule has 62 valence electrons. The fourth-order valence-corrected chi connectivity index (χ4v) is 4.35. The fourth-order valence-electron chi connectivity index (χ4n) is 0.436. The molecule has 0 spiro atoms. The minimum Gasteiger partial charge on any atom is -0.109 e. The van der Waals surface area contributed by atoms with Crippen LogP contribution in [0.4, 0.5) is 0 Å². The highest BCUT2D eigenvalue weighted by atomic mass is 35.7. The van der Waals surface area contributed by atoms with Crippen LogP contribution in [-0.4, -0.2) is 11.9 Å². The predicted molar refractivity (Wildman–Crippen MR) is 58.0 cm³/mol. The Balaban J connectivity index is 3.38. The standard InChI is InChI=1S/C6H14ClPS2/c1-3-5-6-10-8(7,9)4-2/h3-6H2,1-2H3. The molecule has 1 unspecified atom stereocenters. The molecule has 0 aromatic heterocycles. The van der Waals surface area contributed by atoms with Gasteiger partial charge < -0.3 is 0 Å². The van der Waals surface area contributed by atoms with Crippen LogP contribution in [0.15, 0.2) is 0 Å². The van der Waals surface area contributed by atoms with Crippen LogP contribution in [0.1, 0.15) is 26.7 Å². The molecule has 1 atom stereocenters. The lowest BCUT2D eigenvalue weighted by atomic mass is 10.4. The van der Waals surface area contributed by atoms with E-state index >= 15 is 0 Å². The van der Waals surface area contributed by atoms with Gasteiger partial charge in [-0.2, -0.15) is 0 Å². The Hall–Kier alpha value is 1.29. The van der Waals surface area contributed by atoms with Crippen molar-refractivity contribution in [3.63, 3.8) is 0 Å². The Kier molecular flexibility index (Phi) is 6.64. The largest absolute Gasteiger partial charge is 0.109 e. The first kappa shape index (κ1) is 11.3. The SMILES string of the molecule is CCCCSP(=S)(Cl)CC. The minimum absolute atomic E-state index is 0.971. The van der Waals surface area contributed by atoms with Crippen LogP contribution >= 0.6 is 27.2 Å². The average molecular weight is 217 g/mol. The zero-order valence-corrected chi connectivity index (χ0v) is 9.75. The monoisotopic (exact) mass is 216 g/mol. The van der Waals surface area contributed by atoms with E-state index < -0.39 is 4.59 Å². The van der Waals surface area contributed by atoms with Gasteiger partial charge in [0.05, 0.1) is 4.59 Å². The van der Waals surface area contributed by atoms with Crippen molar-refractivity contribution in [2.24, 2.45) is 0 Å². The summed E-state index contributed by atoms with van der Waals surface area (Å²) in [5.74, 6) is 1.14. The molecule has 0 aliphatic rings. The predicted octanol–water partition coefficient (Wildman–Crippen LogP) is 4.09. The summed E-state index contributed by atoms with van der Waals surface area (Å²) in [7, 11) is 0. The Morgan fingerprint density at radius 2 is 2.10 bits per heavy atom. The van der Waals surface area contributed by atoms with E-state index in [4.69, 9.17) is 23.0 Å². The van der Waals surface area contributed by atoms with Crippen molar-refractivity contribution in [2.75, 3.05) is 11.9 Å². The third-order valence-corrected chi connectivity index (χ3v) is 8.57. The van der Waals surface area contributed by atoms with Crippen LogP contribution in [0.3, 0.4) is 0 Å². The smallest absolute Gasteiger partial charge is 0.0886 e. The molecule has 0 nitrogen and oxygen atoms in total. The van der Waals surface area contributed by atoms with Gasteiger partial charge in [0.25, 0.3) is 0 Å². The van der Waals surface area contributed by atoms with Gasteiger partial charge in [-0.1, -0.05) is 43.3 Å². The van der Waals surface area contributed by atoms with E-state index in [1.807, 2.05) is 0 Å². The van der Waals surface area contributed by atoms with Crippen LogP contribution in [-0.2, 0) is 11.8 Å². The Bertz CT molecular complexity index is 127. The van der Waals surface area contributed by atoms with Gasteiger partial charge in [0.2, 0.25) is 0 Å². The molecule has 0 aromatic rings. The molecule has 0 fully saturated rings. The summed E-state index contributed by atoms with van der Waals surface area (Å²) in [5.41, 5.74) is 0. The molecule has 4 heteroatoms. The molecule has 0 rings (SSSR count). The first-order valence-corrected chi connectivity index (χ1v) is 9.04. The summed E-state index contributed by atoms with van der Waals surface area (Å²) in [6.07, 6.45) is 3.46. The van der Waals surface area contributed by atoms with Gasteiger partial charge >= 0.3 is 0 Å². The summed E-state index contributed by atoms with van der Waals surface area (Å²) < 4.78 is -1.48. The second kappa shape index (κ2) is 5.88. The minimum atomic E-state index is -1.48. The van der Waals surface area contributed by atoms with Gasteiger partial charge in [0.1, 0.15) is 0 Å². The number of hydrogen-bond donors (Lipinski definition) is 0. The van der Waals surface area contributed by atoms with E-state index in [1.54, 1.807) is 11.4 Å². The van der Waals surface area contributed by atoms with Crippen LogP contribution in [0.5, 0.6) is 0 Å². The zero-order valence-electron chi connectivity index (χ0n) is 6.47. The molecular weight excluding hydrogens is 203 g/mol. The van der Waals surface area contributed by atoms with E-state index in [9.17, 15) is 0 Å². The van der Waals surface area contributed by atoms with Gasteiger partial charge in [-0.25, -0.2) is 0 Å². The topological polar surface area (TPSA) is 0 Å². The van der Waals surface area contributed by atoms with Crippen molar-refractivity contribution in [1.82, 2.24) is 0 Å². The molecule has 0 aliphatic heterocycles. The van der Waals surface area contributed by atoms with E-state index in [0.717, 1.165) is 11.9 Å². The fraction of sp³-hybridized carbons (Fsp3) is 1.00. The maximum Gasteiger partial charge on any atom is 0.0886 e. The summed E-state index contributed by atoms with van der Waals surface area (Å²) in [4.78, 5) is 0. The molecule has 0 saturated heterocycles. The molecule has 10 heavy (non-hydrogen) atoms. The van der Waals surface area contributed by atoms with Crippen LogP contribution in [0, 0.1) is 0 Å². The highest BCUT2D eigenvalue weighted by Gasteiger charge is 2.08. The van der Waals surface area contributed by atoms with E-state index in [1.165, 1.54) is 12.8 Å². The lowest BCUT2D eigenvalue weighted by Gasteiger charge is -2.09. The molecular formula is C6H14ClPS2. The van der Waals surface area contributed by atoms with Crippen molar-refractivity contribution in [3.05, 3.63) is 0 Å². The van der Waals surface area contributed by atoms with Crippen LogP contribution < -0.4 is 0 Å². The maximum absolute atomic E-state index is 6.05. The van der Waals surface area contributed by atoms with Crippen LogP contribution in [0.2, 0.25) is 0 Å². The second-order valence-electron chi connectivity index (χ2n) is 2.09. The van der Waals surface area contributed by atoms with E-state index in [0.29, 0.717) is 0 Å².